The Hall–Kier alpha value is -0.700. The lowest BCUT2D eigenvalue weighted by molar-refractivity contribution is 0.394. The summed E-state index contributed by atoms with van der Waals surface area (Å²) in [4.78, 5) is 0. The van der Waals surface area contributed by atoms with Crippen molar-refractivity contribution in [3.05, 3.63) is 22.7 Å². The lowest BCUT2D eigenvalue weighted by atomic mass is 10.3. The Labute approximate surface area is 82.7 Å². The molecule has 0 N–H and O–H groups in total. The first-order valence-electron chi connectivity index (χ1n) is 5.74. The summed E-state index contributed by atoms with van der Waals surface area (Å²) in [6.07, 6.45) is 0. The summed E-state index contributed by atoms with van der Waals surface area (Å²) in [7, 11) is -5.20. The topological polar surface area (TPSA) is 18.5 Å². The van der Waals surface area contributed by atoms with Crippen LogP contribution in [-0.2, 0) is 0 Å². The second-order valence-corrected chi connectivity index (χ2v) is 2.74. The number of benzene rings is 1. The molecular formula is C8H9BrO2. The molecule has 0 heterocycles. The molecule has 1 rings (SSSR count). The summed E-state index contributed by atoms with van der Waals surface area (Å²) in [5.41, 5.74) is 0. The Morgan fingerprint density at radius 2 is 1.73 bits per heavy atom. The molecule has 60 valence electrons. The van der Waals surface area contributed by atoms with Gasteiger partial charge >= 0.3 is 0 Å². The van der Waals surface area contributed by atoms with Crippen molar-refractivity contribution in [3.8, 4) is 11.5 Å². The van der Waals surface area contributed by atoms with E-state index in [0.29, 0.717) is 4.47 Å². The van der Waals surface area contributed by atoms with Crippen LogP contribution in [0.2, 0.25) is 0 Å². The van der Waals surface area contributed by atoms with Gasteiger partial charge in [-0.25, -0.2) is 0 Å². The second-order valence-electron chi connectivity index (χ2n) is 1.83. The minimum Gasteiger partial charge on any atom is -0.497 e. The Bertz CT molecular complexity index is 366. The molecule has 0 saturated carbocycles. The number of halogens is 1. The number of rotatable bonds is 2. The molecule has 0 atom stereocenters. The van der Waals surface area contributed by atoms with Crippen molar-refractivity contribution in [1.82, 2.24) is 0 Å². The Morgan fingerprint density at radius 1 is 1.18 bits per heavy atom. The van der Waals surface area contributed by atoms with E-state index in [1.165, 1.54) is 18.2 Å². The summed E-state index contributed by atoms with van der Waals surface area (Å²) in [5.74, 6) is -0.00255. The SMILES string of the molecule is [2H]C([2H])([2H])Oc1cc(Br)cc(OC([2H])([2H])[2H])c1. The van der Waals surface area contributed by atoms with E-state index in [1.807, 2.05) is 0 Å². The fourth-order valence-electron chi connectivity index (χ4n) is 0.655. The molecule has 0 aliphatic rings. The maximum Gasteiger partial charge on any atom is 0.123 e. The molecule has 0 unspecified atom stereocenters. The van der Waals surface area contributed by atoms with Crippen LogP contribution in [0.1, 0.15) is 8.22 Å². The quantitative estimate of drug-likeness (QED) is 0.766. The van der Waals surface area contributed by atoms with Gasteiger partial charge in [0.15, 0.2) is 0 Å². The minimum absolute atomic E-state index is 0.00127. The van der Waals surface area contributed by atoms with Crippen LogP contribution in [0.15, 0.2) is 22.7 Å². The van der Waals surface area contributed by atoms with Crippen molar-refractivity contribution < 1.29 is 17.7 Å². The largest absolute Gasteiger partial charge is 0.497 e. The van der Waals surface area contributed by atoms with Crippen LogP contribution in [0.4, 0.5) is 0 Å². The van der Waals surface area contributed by atoms with Gasteiger partial charge in [-0.2, -0.15) is 0 Å². The van der Waals surface area contributed by atoms with E-state index < -0.39 is 14.1 Å². The summed E-state index contributed by atoms with van der Waals surface area (Å²) in [6.45, 7) is 0. The van der Waals surface area contributed by atoms with Gasteiger partial charge in [-0.1, -0.05) is 15.9 Å². The van der Waals surface area contributed by atoms with Crippen molar-refractivity contribution in [1.29, 1.82) is 0 Å². The third kappa shape index (κ3) is 2.12. The minimum atomic E-state index is -2.60. The third-order valence-electron chi connectivity index (χ3n) is 1.08. The zero-order valence-corrected chi connectivity index (χ0v) is 7.01. The molecule has 0 radical (unpaired) electrons. The second kappa shape index (κ2) is 3.62. The maximum absolute atomic E-state index is 6.93. The van der Waals surface area contributed by atoms with E-state index in [2.05, 4.69) is 25.4 Å². The molecule has 2 nitrogen and oxygen atoms in total. The molecule has 0 spiro atoms. The Balaban J connectivity index is 2.95. The first-order chi connectivity index (χ1) is 7.55. The van der Waals surface area contributed by atoms with Crippen LogP contribution in [0, 0.1) is 0 Å². The first kappa shape index (κ1) is 3.35. The zero-order chi connectivity index (χ0) is 13.3. The number of hydrogen-bond acceptors (Lipinski definition) is 2. The molecule has 0 amide bonds. The fourth-order valence-corrected chi connectivity index (χ4v) is 1.11. The smallest absolute Gasteiger partial charge is 0.123 e. The predicted molar refractivity (Wildman–Crippen MR) is 47.2 cm³/mol. The highest BCUT2D eigenvalue weighted by Crippen LogP contribution is 2.25. The van der Waals surface area contributed by atoms with Gasteiger partial charge in [-0.3, -0.25) is 0 Å². The van der Waals surface area contributed by atoms with Crippen LogP contribution in [-0.4, -0.2) is 14.1 Å². The Kier molecular flexibility index (Phi) is 1.10. The molecule has 3 heteroatoms. The van der Waals surface area contributed by atoms with Crippen LogP contribution in [0.25, 0.3) is 0 Å². The fraction of sp³-hybridized carbons (Fsp3) is 0.250. The molecule has 0 bridgehead atoms. The maximum atomic E-state index is 6.93. The molecule has 1 aromatic carbocycles. The van der Waals surface area contributed by atoms with E-state index in [9.17, 15) is 0 Å². The van der Waals surface area contributed by atoms with Crippen LogP contribution in [0.3, 0.4) is 0 Å². The summed E-state index contributed by atoms with van der Waals surface area (Å²) in [6, 6.07) is 4.00. The Morgan fingerprint density at radius 3 is 2.18 bits per heavy atom. The summed E-state index contributed by atoms with van der Waals surface area (Å²) < 4.78 is 51.3. The monoisotopic (exact) mass is 222 g/mol. The van der Waals surface area contributed by atoms with E-state index in [1.54, 1.807) is 0 Å². The highest BCUT2D eigenvalue weighted by Gasteiger charge is 1.97. The average molecular weight is 223 g/mol. The van der Waals surface area contributed by atoms with Crippen molar-refractivity contribution in [2.24, 2.45) is 0 Å². The number of hydrogen-bond donors (Lipinski definition) is 0. The van der Waals surface area contributed by atoms with Gasteiger partial charge in [0.05, 0.1) is 22.3 Å². The number of methoxy groups -OCH3 is 2. The predicted octanol–water partition coefficient (Wildman–Crippen LogP) is 2.47. The molecule has 0 aromatic heterocycles. The molecule has 1 aromatic rings. The first-order valence-corrected chi connectivity index (χ1v) is 3.53. The van der Waals surface area contributed by atoms with Gasteiger partial charge in [-0.15, -0.1) is 0 Å². The molecular weight excluding hydrogens is 208 g/mol. The number of ether oxygens (including phenoxy) is 2. The van der Waals surface area contributed by atoms with E-state index in [4.69, 9.17) is 8.22 Å². The van der Waals surface area contributed by atoms with E-state index in [-0.39, 0.29) is 11.5 Å². The van der Waals surface area contributed by atoms with Gasteiger partial charge in [0.2, 0.25) is 0 Å². The lowest BCUT2D eigenvalue weighted by Gasteiger charge is -2.03. The highest BCUT2D eigenvalue weighted by atomic mass is 79.9. The van der Waals surface area contributed by atoms with E-state index in [0.717, 1.165) is 0 Å². The molecule has 0 fully saturated rings. The summed E-state index contributed by atoms with van der Waals surface area (Å²) >= 11 is 3.10. The van der Waals surface area contributed by atoms with Crippen LogP contribution >= 0.6 is 15.9 Å². The average Bonchev–Trinajstić information content (AvgIpc) is 1.93. The third-order valence-corrected chi connectivity index (χ3v) is 1.54. The van der Waals surface area contributed by atoms with Crippen molar-refractivity contribution in [2.75, 3.05) is 14.1 Å². The zero-order valence-electron chi connectivity index (χ0n) is 11.4. The summed E-state index contributed by atoms with van der Waals surface area (Å²) in [5, 5.41) is 0. The highest BCUT2D eigenvalue weighted by molar-refractivity contribution is 9.10. The van der Waals surface area contributed by atoms with Gasteiger partial charge in [0.25, 0.3) is 0 Å². The van der Waals surface area contributed by atoms with Crippen molar-refractivity contribution in [2.45, 2.75) is 0 Å². The van der Waals surface area contributed by atoms with Crippen molar-refractivity contribution in [3.63, 3.8) is 0 Å². The molecule has 0 saturated heterocycles. The van der Waals surface area contributed by atoms with Gasteiger partial charge in [-0.05, 0) is 12.1 Å². The standard InChI is InChI=1S/C8H9BrO2/c1-10-7-3-6(9)4-8(5-7)11-2/h3-5H,1-2H3/i1D3,2D3. The normalized spacial score (nSPS) is 19.7. The molecule has 0 aliphatic heterocycles. The van der Waals surface area contributed by atoms with Gasteiger partial charge in [0.1, 0.15) is 11.5 Å². The van der Waals surface area contributed by atoms with Gasteiger partial charge < -0.3 is 9.47 Å². The van der Waals surface area contributed by atoms with Gasteiger partial charge in [0, 0.05) is 10.5 Å². The van der Waals surface area contributed by atoms with Crippen LogP contribution < -0.4 is 9.47 Å². The lowest BCUT2D eigenvalue weighted by Crippen LogP contribution is -1.86. The van der Waals surface area contributed by atoms with E-state index >= 15 is 0 Å². The molecule has 11 heavy (non-hydrogen) atoms. The van der Waals surface area contributed by atoms with Crippen LogP contribution in [0.5, 0.6) is 11.5 Å². The molecule has 0 aliphatic carbocycles. The van der Waals surface area contributed by atoms with Crippen molar-refractivity contribution >= 4 is 15.9 Å².